The highest BCUT2D eigenvalue weighted by molar-refractivity contribution is 7.07. The summed E-state index contributed by atoms with van der Waals surface area (Å²) in [5.74, 6) is 1.44. The van der Waals surface area contributed by atoms with Crippen molar-refractivity contribution >= 4 is 28.9 Å². The molecule has 1 amide bonds. The molecule has 0 radical (unpaired) electrons. The number of rotatable bonds is 7. The quantitative estimate of drug-likeness (QED) is 0.529. The van der Waals surface area contributed by atoms with Crippen molar-refractivity contribution in [2.45, 2.75) is 19.4 Å². The molecule has 5 rings (SSSR count). The molecular weight excluding hydrogens is 462 g/mol. The molecular formula is C26H31N5O3S. The Balaban J connectivity index is 1.15. The van der Waals surface area contributed by atoms with Crippen LogP contribution < -0.4 is 15.1 Å². The standard InChI is InChI=1S/C26H31N5O3S/c32-26(34-17-21-18-35-19-28-21)27-16-20-8-10-31(11-9-20)25-7-3-5-23(29-25)22-4-1-2-6-24(22)30-12-14-33-15-13-30/h1-7,18-20H,8-17H2,(H,27,32). The minimum atomic E-state index is -0.381. The molecule has 4 heterocycles. The smallest absolute Gasteiger partial charge is 0.407 e. The maximum Gasteiger partial charge on any atom is 0.407 e. The van der Waals surface area contributed by atoms with Crippen LogP contribution in [-0.2, 0) is 16.1 Å². The number of benzene rings is 1. The van der Waals surface area contributed by atoms with Gasteiger partial charge in [-0.15, -0.1) is 11.3 Å². The summed E-state index contributed by atoms with van der Waals surface area (Å²) in [6.45, 7) is 6.00. The number of para-hydroxylation sites is 1. The van der Waals surface area contributed by atoms with Crippen LogP contribution in [0, 0.1) is 5.92 Å². The van der Waals surface area contributed by atoms with E-state index in [0.29, 0.717) is 12.5 Å². The number of thiazole rings is 1. The molecule has 1 N–H and O–H groups in total. The first-order valence-electron chi connectivity index (χ1n) is 12.2. The number of ether oxygens (including phenoxy) is 2. The van der Waals surface area contributed by atoms with E-state index in [1.54, 1.807) is 5.51 Å². The zero-order valence-corrected chi connectivity index (χ0v) is 20.6. The van der Waals surface area contributed by atoms with Crippen LogP contribution in [0.3, 0.4) is 0 Å². The second-order valence-corrected chi connectivity index (χ2v) is 9.58. The lowest BCUT2D eigenvalue weighted by atomic mass is 9.97. The fourth-order valence-electron chi connectivity index (χ4n) is 4.61. The van der Waals surface area contributed by atoms with Gasteiger partial charge < -0.3 is 24.6 Å². The topological polar surface area (TPSA) is 79.8 Å². The third-order valence-electron chi connectivity index (χ3n) is 6.57. The highest BCUT2D eigenvalue weighted by atomic mass is 32.1. The molecule has 3 aromatic rings. The van der Waals surface area contributed by atoms with Crippen molar-refractivity contribution in [3.05, 3.63) is 59.0 Å². The fraction of sp³-hybridized carbons (Fsp3) is 0.423. The van der Waals surface area contributed by atoms with Crippen LogP contribution in [0.25, 0.3) is 11.3 Å². The molecule has 0 saturated carbocycles. The van der Waals surface area contributed by atoms with E-state index in [1.165, 1.54) is 17.0 Å². The van der Waals surface area contributed by atoms with Gasteiger partial charge in [0.15, 0.2) is 0 Å². The molecule has 0 bridgehead atoms. The third-order valence-corrected chi connectivity index (χ3v) is 7.21. The number of anilines is 2. The molecule has 2 aliphatic heterocycles. The Morgan fingerprint density at radius 1 is 1.06 bits per heavy atom. The molecule has 2 saturated heterocycles. The first kappa shape index (κ1) is 23.6. The minimum absolute atomic E-state index is 0.213. The van der Waals surface area contributed by atoms with Gasteiger partial charge in [0.1, 0.15) is 12.4 Å². The zero-order chi connectivity index (χ0) is 23.9. The molecule has 9 heteroatoms. The first-order chi connectivity index (χ1) is 17.3. The number of hydrogen-bond donors (Lipinski definition) is 1. The summed E-state index contributed by atoms with van der Waals surface area (Å²) in [6, 6.07) is 14.8. The van der Waals surface area contributed by atoms with Crippen molar-refractivity contribution in [3.63, 3.8) is 0 Å². The van der Waals surface area contributed by atoms with Crippen LogP contribution in [0.5, 0.6) is 0 Å². The Morgan fingerprint density at radius 3 is 2.69 bits per heavy atom. The number of amides is 1. The van der Waals surface area contributed by atoms with Gasteiger partial charge in [0, 0.05) is 49.4 Å². The molecule has 1 aromatic carbocycles. The second-order valence-electron chi connectivity index (χ2n) is 8.86. The van der Waals surface area contributed by atoms with E-state index >= 15 is 0 Å². The number of hydrogen-bond acceptors (Lipinski definition) is 8. The molecule has 2 fully saturated rings. The molecule has 2 aliphatic rings. The van der Waals surface area contributed by atoms with E-state index in [4.69, 9.17) is 14.5 Å². The summed E-state index contributed by atoms with van der Waals surface area (Å²) < 4.78 is 10.8. The predicted octanol–water partition coefficient (Wildman–Crippen LogP) is 4.18. The molecule has 184 valence electrons. The minimum Gasteiger partial charge on any atom is -0.443 e. The Bertz CT molecular complexity index is 1100. The number of carbonyl (C=O) groups excluding carboxylic acids is 1. The van der Waals surface area contributed by atoms with E-state index in [0.717, 1.165) is 75.0 Å². The normalized spacial score (nSPS) is 16.8. The SMILES string of the molecule is O=C(NCC1CCN(c2cccc(-c3ccccc3N3CCOCC3)n2)CC1)OCc1cscn1. The van der Waals surface area contributed by atoms with Crippen LogP contribution in [0.4, 0.5) is 16.3 Å². The summed E-state index contributed by atoms with van der Waals surface area (Å²) in [6.07, 6.45) is 1.62. The molecule has 0 unspecified atom stereocenters. The Labute approximate surface area is 209 Å². The summed E-state index contributed by atoms with van der Waals surface area (Å²) in [4.78, 5) is 25.9. The molecule has 2 aromatic heterocycles. The number of nitrogens with zero attached hydrogens (tertiary/aromatic N) is 4. The van der Waals surface area contributed by atoms with Gasteiger partial charge in [-0.3, -0.25) is 0 Å². The number of morpholine rings is 1. The van der Waals surface area contributed by atoms with E-state index in [9.17, 15) is 4.79 Å². The summed E-state index contributed by atoms with van der Waals surface area (Å²) >= 11 is 1.49. The van der Waals surface area contributed by atoms with Gasteiger partial charge in [-0.05, 0) is 37.0 Å². The Kier molecular flexibility index (Phi) is 7.75. The maximum absolute atomic E-state index is 12.0. The van der Waals surface area contributed by atoms with Gasteiger partial charge in [-0.2, -0.15) is 0 Å². The predicted molar refractivity (Wildman–Crippen MR) is 138 cm³/mol. The van der Waals surface area contributed by atoms with Crippen LogP contribution in [0.15, 0.2) is 53.4 Å². The average molecular weight is 494 g/mol. The lowest BCUT2D eigenvalue weighted by molar-refractivity contribution is 0.123. The lowest BCUT2D eigenvalue weighted by Gasteiger charge is -2.33. The summed E-state index contributed by atoms with van der Waals surface area (Å²) in [5, 5.41) is 4.79. The van der Waals surface area contributed by atoms with Crippen LogP contribution >= 0.6 is 11.3 Å². The van der Waals surface area contributed by atoms with Crippen molar-refractivity contribution < 1.29 is 14.3 Å². The Morgan fingerprint density at radius 2 is 1.89 bits per heavy atom. The summed E-state index contributed by atoms with van der Waals surface area (Å²) in [7, 11) is 0. The fourth-order valence-corrected chi connectivity index (χ4v) is 5.16. The number of aromatic nitrogens is 2. The largest absolute Gasteiger partial charge is 0.443 e. The summed E-state index contributed by atoms with van der Waals surface area (Å²) in [5.41, 5.74) is 5.88. The molecule has 35 heavy (non-hydrogen) atoms. The second kappa shape index (κ2) is 11.5. The van der Waals surface area contributed by atoms with Crippen LogP contribution in [0.1, 0.15) is 18.5 Å². The first-order valence-corrected chi connectivity index (χ1v) is 13.1. The molecule has 0 aliphatic carbocycles. The van der Waals surface area contributed by atoms with Crippen molar-refractivity contribution in [3.8, 4) is 11.3 Å². The highest BCUT2D eigenvalue weighted by Gasteiger charge is 2.22. The lowest BCUT2D eigenvalue weighted by Crippen LogP contribution is -2.39. The van der Waals surface area contributed by atoms with E-state index in [1.807, 2.05) is 5.38 Å². The number of pyridine rings is 1. The Hall–Kier alpha value is -3.17. The highest BCUT2D eigenvalue weighted by Crippen LogP contribution is 2.32. The number of alkyl carbamates (subject to hydrolysis) is 1. The average Bonchev–Trinajstić information content (AvgIpc) is 3.45. The van der Waals surface area contributed by atoms with E-state index in [2.05, 4.69) is 62.6 Å². The number of piperidine rings is 1. The van der Waals surface area contributed by atoms with Gasteiger partial charge in [-0.25, -0.2) is 14.8 Å². The van der Waals surface area contributed by atoms with Gasteiger partial charge >= 0.3 is 6.09 Å². The number of nitrogens with one attached hydrogen (secondary N) is 1. The van der Waals surface area contributed by atoms with E-state index < -0.39 is 0 Å². The van der Waals surface area contributed by atoms with Crippen molar-refractivity contribution in [2.75, 3.05) is 55.7 Å². The van der Waals surface area contributed by atoms with Gasteiger partial charge in [0.2, 0.25) is 0 Å². The maximum atomic E-state index is 12.0. The van der Waals surface area contributed by atoms with Crippen molar-refractivity contribution in [2.24, 2.45) is 5.92 Å². The van der Waals surface area contributed by atoms with Crippen LogP contribution in [0.2, 0.25) is 0 Å². The molecule has 8 nitrogen and oxygen atoms in total. The van der Waals surface area contributed by atoms with Gasteiger partial charge in [0.25, 0.3) is 0 Å². The van der Waals surface area contributed by atoms with E-state index in [-0.39, 0.29) is 12.7 Å². The van der Waals surface area contributed by atoms with Gasteiger partial charge in [-0.1, -0.05) is 24.3 Å². The van der Waals surface area contributed by atoms with Gasteiger partial charge in [0.05, 0.1) is 30.1 Å². The van der Waals surface area contributed by atoms with Crippen molar-refractivity contribution in [1.29, 1.82) is 0 Å². The number of carbonyl (C=O) groups is 1. The zero-order valence-electron chi connectivity index (χ0n) is 19.8. The monoisotopic (exact) mass is 493 g/mol. The van der Waals surface area contributed by atoms with Crippen LogP contribution in [-0.4, -0.2) is 62.0 Å². The van der Waals surface area contributed by atoms with Crippen molar-refractivity contribution in [1.82, 2.24) is 15.3 Å². The third kappa shape index (κ3) is 6.10. The molecule has 0 atom stereocenters. The molecule has 0 spiro atoms.